The molecule has 0 radical (unpaired) electrons. The molecule has 0 atom stereocenters. The first kappa shape index (κ1) is 13.8. The normalized spacial score (nSPS) is 10.5. The van der Waals surface area contributed by atoms with Crippen LogP contribution in [0, 0.1) is 0 Å². The summed E-state index contributed by atoms with van der Waals surface area (Å²) in [5, 5.41) is 10.7. The molecule has 0 aliphatic carbocycles. The standard InChI is InChI=1S/C11H14ClN5OS/c1-16(2)11(18)13-5-8-6-17(15-14-8)7-9-3-4-10(12)19-9/h3-4,6H,5,7H2,1-2H3,(H,13,18). The lowest BCUT2D eigenvalue weighted by molar-refractivity contribution is 0.217. The summed E-state index contributed by atoms with van der Waals surface area (Å²) in [5.74, 6) is 0. The van der Waals surface area contributed by atoms with Crippen molar-refractivity contribution in [3.63, 3.8) is 0 Å². The number of nitrogens with one attached hydrogen (secondary N) is 1. The van der Waals surface area contributed by atoms with Gasteiger partial charge >= 0.3 is 6.03 Å². The van der Waals surface area contributed by atoms with Gasteiger partial charge in [0.2, 0.25) is 0 Å². The third kappa shape index (κ3) is 3.93. The van der Waals surface area contributed by atoms with Crippen molar-refractivity contribution in [2.75, 3.05) is 14.1 Å². The first-order valence-electron chi connectivity index (χ1n) is 5.63. The van der Waals surface area contributed by atoms with E-state index in [0.29, 0.717) is 13.1 Å². The highest BCUT2D eigenvalue weighted by molar-refractivity contribution is 7.16. The van der Waals surface area contributed by atoms with Crippen LogP contribution in [0.5, 0.6) is 0 Å². The SMILES string of the molecule is CN(C)C(=O)NCc1cn(Cc2ccc(Cl)s2)nn1. The van der Waals surface area contributed by atoms with Crippen molar-refractivity contribution in [2.24, 2.45) is 0 Å². The minimum atomic E-state index is -0.153. The zero-order valence-electron chi connectivity index (χ0n) is 10.6. The summed E-state index contributed by atoms with van der Waals surface area (Å²) in [7, 11) is 3.37. The maximum atomic E-state index is 11.4. The topological polar surface area (TPSA) is 63.1 Å². The molecule has 2 heterocycles. The van der Waals surface area contributed by atoms with Crippen LogP contribution in [0.3, 0.4) is 0 Å². The van der Waals surface area contributed by atoms with Crippen molar-refractivity contribution in [2.45, 2.75) is 13.1 Å². The molecule has 0 unspecified atom stereocenters. The van der Waals surface area contributed by atoms with Gasteiger partial charge in [0.1, 0.15) is 5.69 Å². The fourth-order valence-corrected chi connectivity index (χ4v) is 2.50. The highest BCUT2D eigenvalue weighted by atomic mass is 35.5. The molecular weight excluding hydrogens is 286 g/mol. The summed E-state index contributed by atoms with van der Waals surface area (Å²) >= 11 is 7.38. The van der Waals surface area contributed by atoms with Gasteiger partial charge in [-0.15, -0.1) is 16.4 Å². The minimum Gasteiger partial charge on any atom is -0.332 e. The average molecular weight is 300 g/mol. The smallest absolute Gasteiger partial charge is 0.317 e. The van der Waals surface area contributed by atoms with Gasteiger partial charge in [-0.2, -0.15) is 0 Å². The Bertz CT molecular complexity index is 565. The number of amides is 2. The van der Waals surface area contributed by atoms with Gasteiger partial charge in [-0.05, 0) is 12.1 Å². The lowest BCUT2D eigenvalue weighted by atomic mass is 10.4. The number of carbonyl (C=O) groups is 1. The Balaban J connectivity index is 1.90. The molecule has 1 N–H and O–H groups in total. The van der Waals surface area contributed by atoms with Gasteiger partial charge < -0.3 is 10.2 Å². The molecule has 2 aromatic heterocycles. The van der Waals surface area contributed by atoms with Gasteiger partial charge in [-0.3, -0.25) is 0 Å². The van der Waals surface area contributed by atoms with Crippen LogP contribution in [-0.4, -0.2) is 40.0 Å². The van der Waals surface area contributed by atoms with Crippen molar-refractivity contribution in [1.29, 1.82) is 0 Å². The van der Waals surface area contributed by atoms with E-state index in [1.54, 1.807) is 18.8 Å². The molecule has 19 heavy (non-hydrogen) atoms. The van der Waals surface area contributed by atoms with Gasteiger partial charge in [-0.25, -0.2) is 9.48 Å². The third-order valence-corrected chi connectivity index (χ3v) is 3.58. The number of urea groups is 1. The summed E-state index contributed by atoms with van der Waals surface area (Å²) in [6.07, 6.45) is 1.81. The molecule has 2 rings (SSSR count). The summed E-state index contributed by atoms with van der Waals surface area (Å²) < 4.78 is 2.48. The Morgan fingerprint density at radius 2 is 2.32 bits per heavy atom. The van der Waals surface area contributed by atoms with Crippen LogP contribution in [0.2, 0.25) is 4.34 Å². The van der Waals surface area contributed by atoms with E-state index in [1.165, 1.54) is 16.2 Å². The maximum absolute atomic E-state index is 11.4. The van der Waals surface area contributed by atoms with Crippen molar-refractivity contribution < 1.29 is 4.79 Å². The molecule has 6 nitrogen and oxygen atoms in total. The highest BCUT2D eigenvalue weighted by Crippen LogP contribution is 2.21. The molecule has 0 saturated carbocycles. The number of nitrogens with zero attached hydrogens (tertiary/aromatic N) is 4. The third-order valence-electron chi connectivity index (χ3n) is 2.36. The van der Waals surface area contributed by atoms with Gasteiger partial charge in [0.05, 0.1) is 23.6 Å². The number of carbonyl (C=O) groups excluding carboxylic acids is 1. The zero-order valence-corrected chi connectivity index (χ0v) is 12.2. The zero-order chi connectivity index (χ0) is 13.8. The number of hydrogen-bond donors (Lipinski definition) is 1. The summed E-state index contributed by atoms with van der Waals surface area (Å²) in [6.45, 7) is 0.994. The van der Waals surface area contributed by atoms with E-state index in [1.807, 2.05) is 18.3 Å². The number of halogens is 1. The predicted octanol–water partition coefficient (Wildman–Crippen LogP) is 1.81. The maximum Gasteiger partial charge on any atom is 0.317 e. The Hall–Kier alpha value is -1.60. The summed E-state index contributed by atoms with van der Waals surface area (Å²) in [6, 6.07) is 3.67. The Labute approximate surface area is 120 Å². The second kappa shape index (κ2) is 6.03. The van der Waals surface area contributed by atoms with Crippen LogP contribution in [-0.2, 0) is 13.1 Å². The first-order chi connectivity index (χ1) is 9.04. The second-order valence-corrected chi connectivity index (χ2v) is 5.97. The van der Waals surface area contributed by atoms with Crippen LogP contribution >= 0.6 is 22.9 Å². The van der Waals surface area contributed by atoms with Gasteiger partial charge in [-0.1, -0.05) is 16.8 Å². The Morgan fingerprint density at radius 3 is 2.95 bits per heavy atom. The quantitative estimate of drug-likeness (QED) is 0.936. The molecule has 2 amide bonds. The van der Waals surface area contributed by atoms with Crippen LogP contribution in [0.25, 0.3) is 0 Å². The number of rotatable bonds is 4. The van der Waals surface area contributed by atoms with Gasteiger partial charge in [0, 0.05) is 19.0 Å². The minimum absolute atomic E-state index is 0.153. The van der Waals surface area contributed by atoms with E-state index in [4.69, 9.17) is 11.6 Å². The summed E-state index contributed by atoms with van der Waals surface area (Å²) in [4.78, 5) is 13.9. The summed E-state index contributed by atoms with van der Waals surface area (Å²) in [5.41, 5.74) is 0.720. The monoisotopic (exact) mass is 299 g/mol. The largest absolute Gasteiger partial charge is 0.332 e. The van der Waals surface area contributed by atoms with Crippen molar-refractivity contribution in [3.8, 4) is 0 Å². The molecule has 0 aliphatic heterocycles. The van der Waals surface area contributed by atoms with Gasteiger partial charge in [0.15, 0.2) is 0 Å². The molecule has 0 saturated heterocycles. The molecular formula is C11H14ClN5OS. The van der Waals surface area contributed by atoms with Crippen LogP contribution < -0.4 is 5.32 Å². The number of aromatic nitrogens is 3. The Kier molecular flexibility index (Phi) is 4.39. The fourth-order valence-electron chi connectivity index (χ4n) is 1.42. The molecule has 0 aliphatic rings. The highest BCUT2D eigenvalue weighted by Gasteiger charge is 2.06. The first-order valence-corrected chi connectivity index (χ1v) is 6.82. The lowest BCUT2D eigenvalue weighted by Gasteiger charge is -2.10. The van der Waals surface area contributed by atoms with E-state index >= 15 is 0 Å². The van der Waals surface area contributed by atoms with E-state index in [2.05, 4.69) is 15.6 Å². The molecule has 102 valence electrons. The average Bonchev–Trinajstić information content (AvgIpc) is 2.96. The van der Waals surface area contributed by atoms with E-state index in [0.717, 1.165) is 14.9 Å². The molecule has 0 spiro atoms. The number of thiophene rings is 1. The molecule has 8 heteroatoms. The molecule has 0 bridgehead atoms. The van der Waals surface area contributed by atoms with E-state index in [9.17, 15) is 4.79 Å². The number of hydrogen-bond acceptors (Lipinski definition) is 4. The van der Waals surface area contributed by atoms with E-state index < -0.39 is 0 Å². The fraction of sp³-hybridized carbons (Fsp3) is 0.364. The second-order valence-electron chi connectivity index (χ2n) is 4.17. The van der Waals surface area contributed by atoms with Crippen molar-refractivity contribution >= 4 is 29.0 Å². The predicted molar refractivity (Wildman–Crippen MR) is 74.4 cm³/mol. The molecule has 2 aromatic rings. The van der Waals surface area contributed by atoms with Crippen molar-refractivity contribution in [3.05, 3.63) is 33.2 Å². The lowest BCUT2D eigenvalue weighted by Crippen LogP contribution is -2.34. The Morgan fingerprint density at radius 1 is 1.53 bits per heavy atom. The van der Waals surface area contributed by atoms with Crippen LogP contribution in [0.4, 0.5) is 4.79 Å². The van der Waals surface area contributed by atoms with Crippen LogP contribution in [0.1, 0.15) is 10.6 Å². The van der Waals surface area contributed by atoms with Crippen LogP contribution in [0.15, 0.2) is 18.3 Å². The van der Waals surface area contributed by atoms with Gasteiger partial charge in [0.25, 0.3) is 0 Å². The van der Waals surface area contributed by atoms with Crippen molar-refractivity contribution in [1.82, 2.24) is 25.2 Å². The molecule has 0 aromatic carbocycles. The van der Waals surface area contributed by atoms with E-state index in [-0.39, 0.29) is 6.03 Å². The molecule has 0 fully saturated rings.